The van der Waals surface area contributed by atoms with Crippen LogP contribution in [0.15, 0.2) is 0 Å². The molecule has 0 radical (unpaired) electrons. The van der Waals surface area contributed by atoms with Gasteiger partial charge in [0.1, 0.15) is 5.00 Å². The average molecular weight is 298 g/mol. The lowest BCUT2D eigenvalue weighted by molar-refractivity contribution is 0.0601. The monoisotopic (exact) mass is 298 g/mol. The Labute approximate surface area is 123 Å². The lowest BCUT2D eigenvalue weighted by Crippen LogP contribution is -2.36. The van der Waals surface area contributed by atoms with E-state index in [-0.39, 0.29) is 5.97 Å². The first-order valence-corrected chi connectivity index (χ1v) is 7.68. The van der Waals surface area contributed by atoms with Crippen molar-refractivity contribution < 1.29 is 14.3 Å². The molecule has 0 spiro atoms. The number of methoxy groups -OCH3 is 1. The van der Waals surface area contributed by atoms with Crippen LogP contribution in [-0.2, 0) is 15.9 Å². The third-order valence-electron chi connectivity index (χ3n) is 3.31. The normalized spacial score (nSPS) is 15.7. The van der Waals surface area contributed by atoms with E-state index in [1.807, 2.05) is 0 Å². The molecule has 0 amide bonds. The number of carbonyl (C=O) groups is 1. The number of carbonyl (C=O) groups excluding carboxylic acids is 1. The Balaban J connectivity index is 2.41. The molecule has 2 rings (SSSR count). The molecule has 20 heavy (non-hydrogen) atoms. The van der Waals surface area contributed by atoms with Gasteiger partial charge in [0.2, 0.25) is 0 Å². The van der Waals surface area contributed by atoms with Crippen LogP contribution in [0.1, 0.15) is 29.8 Å². The number of nitrogens with zero attached hydrogens (tertiary/aromatic N) is 1. The molecule has 2 N–H and O–H groups in total. The number of hydrogen-bond acceptors (Lipinski definition) is 6. The molecule has 1 saturated heterocycles. The van der Waals surface area contributed by atoms with Gasteiger partial charge < -0.3 is 20.1 Å². The lowest BCUT2D eigenvalue weighted by atomic mass is 10.0. The Hall–Kier alpha value is -1.27. The molecular weight excluding hydrogens is 276 g/mol. The molecule has 0 saturated carbocycles. The van der Waals surface area contributed by atoms with E-state index in [4.69, 9.17) is 15.2 Å². The Morgan fingerprint density at radius 1 is 1.45 bits per heavy atom. The molecule has 0 aliphatic carbocycles. The van der Waals surface area contributed by atoms with Gasteiger partial charge in [-0.2, -0.15) is 0 Å². The van der Waals surface area contributed by atoms with Crippen molar-refractivity contribution in [1.29, 1.82) is 0 Å². The van der Waals surface area contributed by atoms with Crippen molar-refractivity contribution in [1.82, 2.24) is 0 Å². The molecule has 1 aromatic rings. The van der Waals surface area contributed by atoms with Crippen molar-refractivity contribution in [2.75, 3.05) is 44.0 Å². The summed E-state index contributed by atoms with van der Waals surface area (Å²) < 4.78 is 10.3. The van der Waals surface area contributed by atoms with E-state index >= 15 is 0 Å². The standard InChI is InChI=1S/C14H22N2O3S/c1-9(2)8-10-11(14(17)18-3)12(15)20-13(10)16-4-6-19-7-5-16/h9H,4-8,15H2,1-3H3. The Morgan fingerprint density at radius 2 is 2.10 bits per heavy atom. The first-order valence-electron chi connectivity index (χ1n) is 6.86. The van der Waals surface area contributed by atoms with Gasteiger partial charge in [-0.3, -0.25) is 0 Å². The summed E-state index contributed by atoms with van der Waals surface area (Å²) in [5, 5.41) is 1.65. The van der Waals surface area contributed by atoms with Gasteiger partial charge in [0.05, 0.1) is 30.9 Å². The number of hydrogen-bond donors (Lipinski definition) is 1. The number of nitrogens with two attached hydrogens (primary N) is 1. The lowest BCUT2D eigenvalue weighted by Gasteiger charge is -2.29. The Morgan fingerprint density at radius 3 is 2.65 bits per heavy atom. The summed E-state index contributed by atoms with van der Waals surface area (Å²) >= 11 is 1.48. The number of morpholine rings is 1. The third kappa shape index (κ3) is 3.07. The minimum atomic E-state index is -0.339. The number of anilines is 2. The zero-order valence-corrected chi connectivity index (χ0v) is 13.1. The van der Waals surface area contributed by atoms with Gasteiger partial charge in [-0.25, -0.2) is 4.79 Å². The number of thiophene rings is 1. The molecule has 0 aromatic carbocycles. The second kappa shape index (κ2) is 6.45. The SMILES string of the molecule is COC(=O)c1c(N)sc(N2CCOCC2)c1CC(C)C. The van der Waals surface area contributed by atoms with Crippen LogP contribution in [0.3, 0.4) is 0 Å². The predicted molar refractivity (Wildman–Crippen MR) is 81.6 cm³/mol. The van der Waals surface area contributed by atoms with Crippen LogP contribution in [0.4, 0.5) is 10.0 Å². The summed E-state index contributed by atoms with van der Waals surface area (Å²) in [5.41, 5.74) is 7.63. The molecule has 0 bridgehead atoms. The van der Waals surface area contributed by atoms with Crippen LogP contribution in [0.5, 0.6) is 0 Å². The third-order valence-corrected chi connectivity index (χ3v) is 4.44. The first-order chi connectivity index (χ1) is 9.54. The Kier molecular flexibility index (Phi) is 4.88. The van der Waals surface area contributed by atoms with Crippen molar-refractivity contribution in [2.24, 2.45) is 5.92 Å². The summed E-state index contributed by atoms with van der Waals surface area (Å²) in [6.45, 7) is 7.38. The highest BCUT2D eigenvalue weighted by atomic mass is 32.1. The molecule has 1 aliphatic heterocycles. The fourth-order valence-electron chi connectivity index (χ4n) is 2.42. The topological polar surface area (TPSA) is 64.8 Å². The van der Waals surface area contributed by atoms with E-state index in [1.54, 1.807) is 0 Å². The molecule has 1 aromatic heterocycles. The maximum atomic E-state index is 12.0. The van der Waals surface area contributed by atoms with E-state index in [0.29, 0.717) is 29.7 Å². The van der Waals surface area contributed by atoms with Crippen molar-refractivity contribution in [3.8, 4) is 0 Å². The minimum Gasteiger partial charge on any atom is -0.465 e. The van der Waals surface area contributed by atoms with E-state index in [1.165, 1.54) is 18.4 Å². The molecule has 1 fully saturated rings. The molecule has 2 heterocycles. The van der Waals surface area contributed by atoms with Crippen LogP contribution in [0, 0.1) is 5.92 Å². The Bertz CT molecular complexity index is 479. The fourth-order valence-corrected chi connectivity index (χ4v) is 3.55. The first kappa shape index (κ1) is 15.1. The van der Waals surface area contributed by atoms with E-state index in [0.717, 1.165) is 30.1 Å². The van der Waals surface area contributed by atoms with E-state index < -0.39 is 0 Å². The van der Waals surface area contributed by atoms with Crippen molar-refractivity contribution in [3.05, 3.63) is 11.1 Å². The fraction of sp³-hybridized carbons (Fsp3) is 0.643. The summed E-state index contributed by atoms with van der Waals surface area (Å²) in [4.78, 5) is 14.3. The highest BCUT2D eigenvalue weighted by Gasteiger charge is 2.27. The van der Waals surface area contributed by atoms with Gasteiger partial charge in [0.15, 0.2) is 0 Å². The van der Waals surface area contributed by atoms with Crippen molar-refractivity contribution in [3.63, 3.8) is 0 Å². The molecular formula is C14H22N2O3S. The van der Waals surface area contributed by atoms with E-state index in [2.05, 4.69) is 18.7 Å². The summed E-state index contributed by atoms with van der Waals surface area (Å²) in [6.07, 6.45) is 0.824. The van der Waals surface area contributed by atoms with Crippen LogP contribution in [0.25, 0.3) is 0 Å². The highest BCUT2D eigenvalue weighted by Crippen LogP contribution is 2.40. The maximum Gasteiger partial charge on any atom is 0.341 e. The van der Waals surface area contributed by atoms with Gasteiger partial charge in [0.25, 0.3) is 0 Å². The number of esters is 1. The van der Waals surface area contributed by atoms with Crippen molar-refractivity contribution in [2.45, 2.75) is 20.3 Å². The quantitative estimate of drug-likeness (QED) is 0.863. The summed E-state index contributed by atoms with van der Waals surface area (Å²) in [7, 11) is 1.40. The molecule has 112 valence electrons. The van der Waals surface area contributed by atoms with Gasteiger partial charge in [-0.1, -0.05) is 13.8 Å². The number of ether oxygens (including phenoxy) is 2. The second-order valence-electron chi connectivity index (χ2n) is 5.31. The smallest absolute Gasteiger partial charge is 0.341 e. The summed E-state index contributed by atoms with van der Waals surface area (Å²) in [6, 6.07) is 0. The predicted octanol–water partition coefficient (Wildman–Crippen LogP) is 2.15. The molecule has 5 nitrogen and oxygen atoms in total. The van der Waals surface area contributed by atoms with Gasteiger partial charge in [0, 0.05) is 18.7 Å². The van der Waals surface area contributed by atoms with Crippen LogP contribution in [0.2, 0.25) is 0 Å². The largest absolute Gasteiger partial charge is 0.465 e. The van der Waals surface area contributed by atoms with Gasteiger partial charge in [-0.05, 0) is 12.3 Å². The van der Waals surface area contributed by atoms with Gasteiger partial charge >= 0.3 is 5.97 Å². The molecule has 6 heteroatoms. The van der Waals surface area contributed by atoms with Crippen LogP contribution in [-0.4, -0.2) is 39.4 Å². The summed E-state index contributed by atoms with van der Waals surface area (Å²) in [5.74, 6) is 0.112. The number of nitrogen functional groups attached to an aromatic ring is 1. The van der Waals surface area contributed by atoms with Crippen molar-refractivity contribution >= 4 is 27.3 Å². The average Bonchev–Trinajstić information content (AvgIpc) is 2.75. The minimum absolute atomic E-state index is 0.339. The molecule has 0 atom stereocenters. The molecule has 0 unspecified atom stereocenters. The zero-order valence-electron chi connectivity index (χ0n) is 12.3. The van der Waals surface area contributed by atoms with Crippen LogP contribution >= 0.6 is 11.3 Å². The molecule has 1 aliphatic rings. The van der Waals surface area contributed by atoms with Gasteiger partial charge in [-0.15, -0.1) is 11.3 Å². The number of rotatable bonds is 4. The zero-order chi connectivity index (χ0) is 14.7. The second-order valence-corrected chi connectivity index (χ2v) is 6.34. The van der Waals surface area contributed by atoms with Crippen LogP contribution < -0.4 is 10.6 Å². The maximum absolute atomic E-state index is 12.0. The highest BCUT2D eigenvalue weighted by molar-refractivity contribution is 7.20. The van der Waals surface area contributed by atoms with E-state index in [9.17, 15) is 4.79 Å².